The minimum Gasteiger partial charge on any atom is -0.357 e. The predicted molar refractivity (Wildman–Crippen MR) is 92.2 cm³/mol. The number of nitrogens with zero attached hydrogens (tertiary/aromatic N) is 1. The monoisotopic (exact) mass is 324 g/mol. The molecule has 1 amide bonds. The summed E-state index contributed by atoms with van der Waals surface area (Å²) in [6.45, 7) is 9.16. The Kier molecular flexibility index (Phi) is 7.18. The maximum atomic E-state index is 11.8. The van der Waals surface area contributed by atoms with Gasteiger partial charge in [0, 0.05) is 17.1 Å². The Balaban J connectivity index is 2.59. The van der Waals surface area contributed by atoms with Crippen LogP contribution in [0.1, 0.15) is 33.3 Å². The molecule has 22 heavy (non-hydrogen) atoms. The number of amides is 1. The molecule has 6 heteroatoms. The Morgan fingerprint density at radius 3 is 2.50 bits per heavy atom. The zero-order valence-electron chi connectivity index (χ0n) is 13.7. The lowest BCUT2D eigenvalue weighted by molar-refractivity contribution is -0.121. The minimum atomic E-state index is -0.244. The highest BCUT2D eigenvalue weighted by Crippen LogP contribution is 2.15. The minimum absolute atomic E-state index is 0.0733. The summed E-state index contributed by atoms with van der Waals surface area (Å²) in [5.41, 5.74) is 0.701. The molecule has 0 spiro atoms. The van der Waals surface area contributed by atoms with Crippen molar-refractivity contribution in [2.45, 2.75) is 39.8 Å². The number of nitrogens with one attached hydrogen (secondary N) is 3. The first-order chi connectivity index (χ1) is 10.3. The van der Waals surface area contributed by atoms with Gasteiger partial charge in [-0.15, -0.1) is 0 Å². The van der Waals surface area contributed by atoms with Crippen molar-refractivity contribution in [3.8, 4) is 0 Å². The van der Waals surface area contributed by atoms with Crippen molar-refractivity contribution in [2.75, 3.05) is 13.1 Å². The zero-order chi connectivity index (χ0) is 16.6. The fraction of sp³-hybridized carbons (Fsp3) is 0.500. The van der Waals surface area contributed by atoms with Gasteiger partial charge in [-0.3, -0.25) is 4.79 Å². The summed E-state index contributed by atoms with van der Waals surface area (Å²) in [6.07, 6.45) is 0. The molecule has 0 saturated heterocycles. The van der Waals surface area contributed by atoms with Crippen LogP contribution in [0.5, 0.6) is 0 Å². The van der Waals surface area contributed by atoms with Crippen molar-refractivity contribution in [3.63, 3.8) is 0 Å². The van der Waals surface area contributed by atoms with E-state index in [-0.39, 0.29) is 18.0 Å². The predicted octanol–water partition coefficient (Wildman–Crippen LogP) is 2.31. The van der Waals surface area contributed by atoms with Crippen molar-refractivity contribution in [3.05, 3.63) is 34.9 Å². The second kappa shape index (κ2) is 8.63. The molecule has 1 rings (SSSR count). The standard InChI is InChI=1S/C16H25ClN4O/c1-5-18-15(20-11-14(22)21-16(2,3)4)19-10-12-8-6-7-9-13(12)17/h6-9H,5,10-11H2,1-4H3,(H,21,22)(H2,18,19,20). The highest BCUT2D eigenvalue weighted by Gasteiger charge is 2.13. The molecule has 1 aromatic carbocycles. The molecule has 0 atom stereocenters. The molecule has 5 nitrogen and oxygen atoms in total. The van der Waals surface area contributed by atoms with Crippen molar-refractivity contribution < 1.29 is 4.79 Å². The van der Waals surface area contributed by atoms with Crippen LogP contribution in [0.3, 0.4) is 0 Å². The molecule has 0 radical (unpaired) electrons. The van der Waals surface area contributed by atoms with Gasteiger partial charge in [0.1, 0.15) is 0 Å². The maximum absolute atomic E-state index is 11.8. The maximum Gasteiger partial charge on any atom is 0.239 e. The lowest BCUT2D eigenvalue weighted by Crippen LogP contribution is -2.48. The van der Waals surface area contributed by atoms with Crippen LogP contribution in [-0.2, 0) is 11.3 Å². The number of hydrogen-bond donors (Lipinski definition) is 3. The van der Waals surface area contributed by atoms with Gasteiger partial charge in [-0.2, -0.15) is 0 Å². The van der Waals surface area contributed by atoms with Crippen LogP contribution in [0, 0.1) is 0 Å². The number of halogens is 1. The first-order valence-electron chi connectivity index (χ1n) is 7.38. The van der Waals surface area contributed by atoms with Gasteiger partial charge < -0.3 is 16.0 Å². The molecule has 0 fully saturated rings. The van der Waals surface area contributed by atoms with Crippen molar-refractivity contribution in [1.29, 1.82) is 0 Å². The normalized spacial score (nSPS) is 12.0. The summed E-state index contributed by atoms with van der Waals surface area (Å²) in [6, 6.07) is 7.58. The second-order valence-electron chi connectivity index (χ2n) is 5.94. The zero-order valence-corrected chi connectivity index (χ0v) is 14.4. The molecule has 0 heterocycles. The molecular formula is C16H25ClN4O. The first-order valence-corrected chi connectivity index (χ1v) is 7.76. The van der Waals surface area contributed by atoms with Crippen LogP contribution in [0.25, 0.3) is 0 Å². The quantitative estimate of drug-likeness (QED) is 0.575. The highest BCUT2D eigenvalue weighted by atomic mass is 35.5. The molecule has 0 bridgehead atoms. The van der Waals surface area contributed by atoms with Gasteiger partial charge >= 0.3 is 0 Å². The smallest absolute Gasteiger partial charge is 0.239 e. The molecule has 1 aromatic rings. The summed E-state index contributed by atoms with van der Waals surface area (Å²) in [4.78, 5) is 16.3. The van der Waals surface area contributed by atoms with Gasteiger partial charge in [-0.25, -0.2) is 4.99 Å². The van der Waals surface area contributed by atoms with Crippen LogP contribution in [-0.4, -0.2) is 30.5 Å². The number of aliphatic imine (C=N–C) groups is 1. The summed E-state index contributed by atoms with van der Waals surface area (Å²) < 4.78 is 0. The van der Waals surface area contributed by atoms with E-state index in [0.29, 0.717) is 17.5 Å². The third-order valence-corrected chi connectivity index (χ3v) is 3.01. The van der Waals surface area contributed by atoms with Crippen molar-refractivity contribution in [1.82, 2.24) is 16.0 Å². The third kappa shape index (κ3) is 7.31. The van der Waals surface area contributed by atoms with E-state index in [2.05, 4.69) is 20.9 Å². The van der Waals surface area contributed by atoms with E-state index >= 15 is 0 Å². The molecular weight excluding hydrogens is 300 g/mol. The van der Waals surface area contributed by atoms with Gasteiger partial charge in [0.2, 0.25) is 5.91 Å². The number of rotatable bonds is 5. The summed E-state index contributed by atoms with van der Waals surface area (Å²) >= 11 is 6.11. The molecule has 0 saturated carbocycles. The SMILES string of the molecule is CCNC(=NCc1ccccc1Cl)NCC(=O)NC(C)(C)C. The molecule has 3 N–H and O–H groups in total. The number of hydrogen-bond acceptors (Lipinski definition) is 2. The van der Waals surface area contributed by atoms with Crippen molar-refractivity contribution in [2.24, 2.45) is 4.99 Å². The number of guanidine groups is 1. The van der Waals surface area contributed by atoms with Gasteiger partial charge in [0.05, 0.1) is 13.1 Å². The van der Waals surface area contributed by atoms with E-state index in [9.17, 15) is 4.79 Å². The first kappa shape index (κ1) is 18.3. The average molecular weight is 325 g/mol. The van der Waals surface area contributed by atoms with Crippen LogP contribution in [0.15, 0.2) is 29.3 Å². The molecule has 0 aliphatic carbocycles. The van der Waals surface area contributed by atoms with Gasteiger partial charge in [0.25, 0.3) is 0 Å². The number of carbonyl (C=O) groups excluding carboxylic acids is 1. The van der Waals surface area contributed by atoms with E-state index in [4.69, 9.17) is 11.6 Å². The third-order valence-electron chi connectivity index (χ3n) is 2.64. The number of benzene rings is 1. The molecule has 0 aromatic heterocycles. The summed E-state index contributed by atoms with van der Waals surface area (Å²) in [5.74, 6) is 0.516. The molecule has 0 unspecified atom stereocenters. The van der Waals surface area contributed by atoms with Gasteiger partial charge in [-0.05, 0) is 39.3 Å². The lowest BCUT2D eigenvalue weighted by atomic mass is 10.1. The van der Waals surface area contributed by atoms with Crippen molar-refractivity contribution >= 4 is 23.5 Å². The topological polar surface area (TPSA) is 65.5 Å². The van der Waals surface area contributed by atoms with E-state index in [0.717, 1.165) is 12.1 Å². The Bertz CT molecular complexity index is 523. The average Bonchev–Trinajstić information content (AvgIpc) is 2.41. The molecule has 0 aliphatic rings. The largest absolute Gasteiger partial charge is 0.357 e. The Hall–Kier alpha value is -1.75. The summed E-state index contributed by atoms with van der Waals surface area (Å²) in [7, 11) is 0. The fourth-order valence-corrected chi connectivity index (χ4v) is 1.95. The number of carbonyl (C=O) groups is 1. The fourth-order valence-electron chi connectivity index (χ4n) is 1.76. The van der Waals surface area contributed by atoms with E-state index in [1.165, 1.54) is 0 Å². The van der Waals surface area contributed by atoms with Crippen LogP contribution in [0.2, 0.25) is 5.02 Å². The van der Waals surface area contributed by atoms with E-state index in [1.54, 1.807) is 0 Å². The summed E-state index contributed by atoms with van der Waals surface area (Å²) in [5, 5.41) is 9.70. The van der Waals surface area contributed by atoms with Crippen LogP contribution >= 0.6 is 11.6 Å². The van der Waals surface area contributed by atoms with E-state index < -0.39 is 0 Å². The Labute approximate surface area is 137 Å². The second-order valence-corrected chi connectivity index (χ2v) is 6.35. The molecule has 122 valence electrons. The van der Waals surface area contributed by atoms with Gasteiger partial charge in [-0.1, -0.05) is 29.8 Å². The van der Waals surface area contributed by atoms with E-state index in [1.807, 2.05) is 52.0 Å². The van der Waals surface area contributed by atoms with Crippen LogP contribution in [0.4, 0.5) is 0 Å². The molecule has 0 aliphatic heterocycles. The lowest BCUT2D eigenvalue weighted by Gasteiger charge is -2.21. The Morgan fingerprint density at radius 1 is 1.23 bits per heavy atom. The van der Waals surface area contributed by atoms with Gasteiger partial charge in [0.15, 0.2) is 5.96 Å². The highest BCUT2D eigenvalue weighted by molar-refractivity contribution is 6.31. The van der Waals surface area contributed by atoms with Crippen LogP contribution < -0.4 is 16.0 Å². The Morgan fingerprint density at radius 2 is 1.91 bits per heavy atom.